The smallest absolute Gasteiger partial charge is 0.0570 e. The highest BCUT2D eigenvalue weighted by atomic mass is 35.5. The van der Waals surface area contributed by atoms with E-state index >= 15 is 0 Å². The van der Waals surface area contributed by atoms with Gasteiger partial charge in [0.25, 0.3) is 0 Å². The Labute approximate surface area is 244 Å². The molecule has 2 aromatic heterocycles. The van der Waals surface area contributed by atoms with Gasteiger partial charge in [-0.15, -0.1) is 0 Å². The fourth-order valence-corrected chi connectivity index (χ4v) is 4.79. The summed E-state index contributed by atoms with van der Waals surface area (Å²) in [6, 6.07) is 29.4. The zero-order valence-corrected chi connectivity index (χ0v) is 24.2. The summed E-state index contributed by atoms with van der Waals surface area (Å²) in [5, 5.41) is 11.5. The van der Waals surface area contributed by atoms with Gasteiger partial charge in [0.05, 0.1) is 11.4 Å². The van der Waals surface area contributed by atoms with Gasteiger partial charge in [0.15, 0.2) is 0 Å². The van der Waals surface area contributed by atoms with Gasteiger partial charge < -0.3 is 16.0 Å². The predicted molar refractivity (Wildman–Crippen MR) is 165 cm³/mol. The summed E-state index contributed by atoms with van der Waals surface area (Å²) in [6.45, 7) is 9.35. The Morgan fingerprint density at radius 2 is 1.48 bits per heavy atom. The first-order valence-electron chi connectivity index (χ1n) is 14.2. The number of nitrogens with one attached hydrogen (secondary N) is 3. The average Bonchev–Trinajstić information content (AvgIpc) is 2.99. The molecule has 0 amide bonds. The van der Waals surface area contributed by atoms with E-state index in [4.69, 9.17) is 11.6 Å². The van der Waals surface area contributed by atoms with Gasteiger partial charge in [0.2, 0.25) is 0 Å². The van der Waals surface area contributed by atoms with E-state index < -0.39 is 0 Å². The van der Waals surface area contributed by atoms with Crippen molar-refractivity contribution in [3.63, 3.8) is 0 Å². The standard InChI is InChI=1S/C33H41ClN6/c1-27(33-10-3-5-17-39-33)37-20-22-40(21-19-36-25-32-9-2-4-16-38-32)26-30-13-11-29(12-14-30)24-35-18-15-28-7-6-8-31(34)23-28/h2-14,16-17,23,27,35-37H,15,18-22,24-26H2,1H3. The summed E-state index contributed by atoms with van der Waals surface area (Å²) in [6.07, 6.45) is 4.66. The Morgan fingerprint density at radius 3 is 2.23 bits per heavy atom. The van der Waals surface area contributed by atoms with E-state index in [1.54, 1.807) is 0 Å². The highest BCUT2D eigenvalue weighted by molar-refractivity contribution is 6.30. The molecular weight excluding hydrogens is 516 g/mol. The van der Waals surface area contributed by atoms with Gasteiger partial charge in [-0.05, 0) is 73.0 Å². The number of benzene rings is 2. The molecule has 0 aliphatic carbocycles. The Balaban J connectivity index is 1.24. The van der Waals surface area contributed by atoms with Gasteiger partial charge in [-0.2, -0.15) is 0 Å². The number of nitrogens with zero attached hydrogens (tertiary/aromatic N) is 3. The van der Waals surface area contributed by atoms with Gasteiger partial charge in [-0.25, -0.2) is 0 Å². The molecule has 210 valence electrons. The Hall–Kier alpha value is -3.13. The minimum atomic E-state index is 0.219. The predicted octanol–water partition coefficient (Wildman–Crippen LogP) is 5.40. The van der Waals surface area contributed by atoms with E-state index in [1.807, 2.05) is 54.9 Å². The van der Waals surface area contributed by atoms with Crippen molar-refractivity contribution in [1.82, 2.24) is 30.8 Å². The Kier molecular flexibility index (Phi) is 12.6. The summed E-state index contributed by atoms with van der Waals surface area (Å²) >= 11 is 6.10. The van der Waals surface area contributed by atoms with Crippen molar-refractivity contribution in [2.75, 3.05) is 32.7 Å². The van der Waals surface area contributed by atoms with Crippen molar-refractivity contribution in [2.24, 2.45) is 0 Å². The van der Waals surface area contributed by atoms with Crippen molar-refractivity contribution in [3.8, 4) is 0 Å². The summed E-state index contributed by atoms with van der Waals surface area (Å²) in [4.78, 5) is 11.4. The van der Waals surface area contributed by atoms with Gasteiger partial charge in [-0.1, -0.05) is 60.1 Å². The molecule has 1 unspecified atom stereocenters. The van der Waals surface area contributed by atoms with Crippen LogP contribution in [0.15, 0.2) is 97.3 Å². The van der Waals surface area contributed by atoms with Crippen molar-refractivity contribution in [1.29, 1.82) is 0 Å². The molecule has 0 bridgehead atoms. The summed E-state index contributed by atoms with van der Waals surface area (Å²) in [5.74, 6) is 0. The molecule has 0 radical (unpaired) electrons. The maximum Gasteiger partial charge on any atom is 0.0570 e. The second-order valence-corrected chi connectivity index (χ2v) is 10.5. The Morgan fingerprint density at radius 1 is 0.725 bits per heavy atom. The number of hydrogen-bond acceptors (Lipinski definition) is 6. The van der Waals surface area contributed by atoms with Gasteiger partial charge in [-0.3, -0.25) is 14.9 Å². The summed E-state index contributed by atoms with van der Waals surface area (Å²) in [7, 11) is 0. The molecule has 6 nitrogen and oxygen atoms in total. The maximum atomic E-state index is 6.10. The SMILES string of the molecule is CC(NCCN(CCNCc1ccccn1)Cc1ccc(CNCCc2cccc(Cl)c2)cc1)c1ccccn1. The molecule has 2 aromatic carbocycles. The average molecular weight is 557 g/mol. The van der Waals surface area contributed by atoms with Crippen LogP contribution in [0.4, 0.5) is 0 Å². The van der Waals surface area contributed by atoms with Crippen LogP contribution in [0.2, 0.25) is 5.02 Å². The van der Waals surface area contributed by atoms with Crippen LogP contribution in [0.5, 0.6) is 0 Å². The van der Waals surface area contributed by atoms with Crippen LogP contribution in [-0.4, -0.2) is 47.6 Å². The lowest BCUT2D eigenvalue weighted by molar-refractivity contribution is 0.260. The van der Waals surface area contributed by atoms with Crippen molar-refractivity contribution in [3.05, 3.63) is 130 Å². The molecule has 40 heavy (non-hydrogen) atoms. The first-order valence-corrected chi connectivity index (χ1v) is 14.5. The first kappa shape index (κ1) is 29.8. The third-order valence-corrected chi connectivity index (χ3v) is 7.12. The molecule has 0 spiro atoms. The number of pyridine rings is 2. The third-order valence-electron chi connectivity index (χ3n) is 6.88. The van der Waals surface area contributed by atoms with E-state index in [-0.39, 0.29) is 6.04 Å². The lowest BCUT2D eigenvalue weighted by atomic mass is 10.1. The third kappa shape index (κ3) is 10.8. The van der Waals surface area contributed by atoms with Crippen LogP contribution in [-0.2, 0) is 26.1 Å². The number of rotatable bonds is 17. The molecule has 0 aliphatic heterocycles. The van der Waals surface area contributed by atoms with Gasteiger partial charge in [0.1, 0.15) is 0 Å². The lowest BCUT2D eigenvalue weighted by Crippen LogP contribution is -2.37. The quantitative estimate of drug-likeness (QED) is 0.151. The highest BCUT2D eigenvalue weighted by Crippen LogP contribution is 2.12. The molecule has 4 rings (SSSR count). The van der Waals surface area contributed by atoms with E-state index in [0.717, 1.165) is 75.2 Å². The molecular formula is C33H41ClN6. The van der Waals surface area contributed by atoms with Crippen LogP contribution < -0.4 is 16.0 Å². The van der Waals surface area contributed by atoms with Crippen LogP contribution in [0.25, 0.3) is 0 Å². The van der Waals surface area contributed by atoms with Crippen molar-refractivity contribution >= 4 is 11.6 Å². The molecule has 0 saturated heterocycles. The zero-order valence-electron chi connectivity index (χ0n) is 23.4. The normalized spacial score (nSPS) is 12.1. The maximum absolute atomic E-state index is 6.10. The molecule has 4 aromatic rings. The van der Waals surface area contributed by atoms with E-state index in [1.165, 1.54) is 16.7 Å². The van der Waals surface area contributed by atoms with Crippen LogP contribution in [0.3, 0.4) is 0 Å². The van der Waals surface area contributed by atoms with E-state index in [0.29, 0.717) is 0 Å². The largest absolute Gasteiger partial charge is 0.312 e. The second-order valence-electron chi connectivity index (χ2n) is 10.1. The van der Waals surface area contributed by atoms with Crippen molar-refractivity contribution in [2.45, 2.75) is 39.0 Å². The second kappa shape index (κ2) is 16.9. The monoisotopic (exact) mass is 556 g/mol. The summed E-state index contributed by atoms with van der Waals surface area (Å²) in [5.41, 5.74) is 6.02. The van der Waals surface area contributed by atoms with Crippen LogP contribution in [0.1, 0.15) is 41.0 Å². The van der Waals surface area contributed by atoms with Gasteiger partial charge >= 0.3 is 0 Å². The highest BCUT2D eigenvalue weighted by Gasteiger charge is 2.09. The zero-order chi connectivity index (χ0) is 27.8. The van der Waals surface area contributed by atoms with Crippen LogP contribution >= 0.6 is 11.6 Å². The number of aromatic nitrogens is 2. The molecule has 0 saturated carbocycles. The minimum absolute atomic E-state index is 0.219. The van der Waals surface area contributed by atoms with Crippen LogP contribution in [0, 0.1) is 0 Å². The molecule has 0 aliphatic rings. The molecule has 0 fully saturated rings. The molecule has 3 N–H and O–H groups in total. The Bertz CT molecular complexity index is 1240. The molecule has 1 atom stereocenters. The molecule has 7 heteroatoms. The molecule has 2 heterocycles. The van der Waals surface area contributed by atoms with E-state index in [2.05, 4.69) is 80.2 Å². The number of halogens is 1. The minimum Gasteiger partial charge on any atom is -0.312 e. The fourth-order valence-electron chi connectivity index (χ4n) is 4.58. The number of hydrogen-bond donors (Lipinski definition) is 3. The van der Waals surface area contributed by atoms with Crippen molar-refractivity contribution < 1.29 is 0 Å². The lowest BCUT2D eigenvalue weighted by Gasteiger charge is -2.24. The topological polar surface area (TPSA) is 65.1 Å². The summed E-state index contributed by atoms with van der Waals surface area (Å²) < 4.78 is 0. The van der Waals surface area contributed by atoms with Gasteiger partial charge in [0, 0.05) is 69.3 Å². The fraction of sp³-hybridized carbons (Fsp3) is 0.333. The first-order chi connectivity index (χ1) is 19.7. The van der Waals surface area contributed by atoms with E-state index in [9.17, 15) is 0 Å².